The summed E-state index contributed by atoms with van der Waals surface area (Å²) < 4.78 is 26.5. The Morgan fingerprint density at radius 1 is 1.07 bits per heavy atom. The van der Waals surface area contributed by atoms with Gasteiger partial charge >= 0.3 is 0 Å². The van der Waals surface area contributed by atoms with Crippen molar-refractivity contribution in [2.45, 2.75) is 31.4 Å². The molecule has 1 saturated heterocycles. The van der Waals surface area contributed by atoms with Gasteiger partial charge in [-0.25, -0.2) is 8.78 Å². The number of amides is 1. The van der Waals surface area contributed by atoms with Crippen LogP contribution in [-0.2, 0) is 4.79 Å². The van der Waals surface area contributed by atoms with Crippen LogP contribution in [0.4, 0.5) is 14.5 Å². The predicted molar refractivity (Wildman–Crippen MR) is 110 cm³/mol. The molecular weight excluding hydrogens is 388 g/mol. The van der Waals surface area contributed by atoms with Crippen molar-refractivity contribution in [3.8, 4) is 5.75 Å². The number of aliphatic hydroxyl groups excluding tert-OH is 1. The van der Waals surface area contributed by atoms with Crippen molar-refractivity contribution in [2.75, 3.05) is 4.90 Å². The molecule has 2 N–H and O–H groups in total. The van der Waals surface area contributed by atoms with Gasteiger partial charge in [0.2, 0.25) is 5.91 Å². The summed E-state index contributed by atoms with van der Waals surface area (Å²) in [7, 11) is 0. The maximum Gasteiger partial charge on any atom is 0.233 e. The van der Waals surface area contributed by atoms with Crippen LogP contribution in [0, 0.1) is 17.7 Å². The number of anilines is 1. The molecule has 30 heavy (non-hydrogen) atoms. The van der Waals surface area contributed by atoms with E-state index in [9.17, 15) is 23.8 Å². The van der Waals surface area contributed by atoms with E-state index in [1.54, 1.807) is 47.4 Å². The van der Waals surface area contributed by atoms with Crippen molar-refractivity contribution in [3.63, 3.8) is 0 Å². The van der Waals surface area contributed by atoms with Gasteiger partial charge in [0.1, 0.15) is 17.4 Å². The van der Waals surface area contributed by atoms with Crippen LogP contribution in [0.15, 0.2) is 72.6 Å². The molecule has 4 nitrogen and oxygen atoms in total. The number of phenols is 1. The standard InChI is InChI=1S/C24H23F2NO3/c25-17-5-1-15(2-6-17)22(29)14-13-21-23(16-3-11-20(28)12-4-16)27(24(21)30)19-9-7-18(26)8-10-19/h1,3-12,15,21-23,28-29H,2,13-14H2/t15?,21-,22+,23-/m1/s1. The zero-order chi connectivity index (χ0) is 21.3. The van der Waals surface area contributed by atoms with E-state index in [1.165, 1.54) is 24.3 Å². The zero-order valence-electron chi connectivity index (χ0n) is 16.3. The minimum atomic E-state index is -0.668. The van der Waals surface area contributed by atoms with Crippen LogP contribution < -0.4 is 4.90 Å². The van der Waals surface area contributed by atoms with Crippen LogP contribution in [0.2, 0.25) is 0 Å². The van der Waals surface area contributed by atoms with Crippen LogP contribution in [0.1, 0.15) is 30.9 Å². The molecule has 0 bridgehead atoms. The Bertz CT molecular complexity index is 969. The van der Waals surface area contributed by atoms with E-state index < -0.39 is 6.10 Å². The molecule has 1 fully saturated rings. The topological polar surface area (TPSA) is 60.8 Å². The Morgan fingerprint density at radius 3 is 2.40 bits per heavy atom. The summed E-state index contributed by atoms with van der Waals surface area (Å²) >= 11 is 0. The summed E-state index contributed by atoms with van der Waals surface area (Å²) in [4.78, 5) is 14.6. The second kappa shape index (κ2) is 8.40. The zero-order valence-corrected chi connectivity index (χ0v) is 16.3. The molecular formula is C24H23F2NO3. The average Bonchev–Trinajstić information content (AvgIpc) is 2.74. The molecule has 2 aromatic rings. The molecule has 1 amide bonds. The van der Waals surface area contributed by atoms with Gasteiger partial charge in [0, 0.05) is 11.6 Å². The van der Waals surface area contributed by atoms with Gasteiger partial charge in [0.05, 0.1) is 18.1 Å². The van der Waals surface area contributed by atoms with Gasteiger partial charge in [0.15, 0.2) is 0 Å². The van der Waals surface area contributed by atoms with Crippen LogP contribution in [0.25, 0.3) is 0 Å². The van der Waals surface area contributed by atoms with Crippen LogP contribution in [0.5, 0.6) is 5.75 Å². The van der Waals surface area contributed by atoms with E-state index in [4.69, 9.17) is 0 Å². The molecule has 1 heterocycles. The number of benzene rings is 2. The lowest BCUT2D eigenvalue weighted by Crippen LogP contribution is -2.55. The van der Waals surface area contributed by atoms with Crippen molar-refractivity contribution in [1.82, 2.24) is 0 Å². The summed E-state index contributed by atoms with van der Waals surface area (Å²) in [5, 5.41) is 20.1. The number of allylic oxidation sites excluding steroid dienone is 3. The monoisotopic (exact) mass is 411 g/mol. The Labute approximate surface area is 173 Å². The third-order valence-electron chi connectivity index (χ3n) is 5.91. The molecule has 0 aromatic heterocycles. The fraction of sp³-hybridized carbons (Fsp3) is 0.292. The molecule has 1 aliphatic heterocycles. The van der Waals surface area contributed by atoms with Crippen molar-refractivity contribution >= 4 is 11.6 Å². The summed E-state index contributed by atoms with van der Waals surface area (Å²) in [5.74, 6) is -1.13. The lowest BCUT2D eigenvalue weighted by molar-refractivity contribution is -0.131. The van der Waals surface area contributed by atoms with Crippen LogP contribution >= 0.6 is 0 Å². The van der Waals surface area contributed by atoms with E-state index in [0.29, 0.717) is 24.9 Å². The minimum absolute atomic E-state index is 0.0861. The summed E-state index contributed by atoms with van der Waals surface area (Å²) in [6.45, 7) is 0. The van der Waals surface area contributed by atoms with Gasteiger partial charge in [0.25, 0.3) is 0 Å². The van der Waals surface area contributed by atoms with Crippen LogP contribution in [-0.4, -0.2) is 22.2 Å². The average molecular weight is 411 g/mol. The summed E-state index contributed by atoms with van der Waals surface area (Å²) in [6.07, 6.45) is 5.14. The summed E-state index contributed by atoms with van der Waals surface area (Å²) in [6, 6.07) is 12.2. The third kappa shape index (κ3) is 4.00. The number of nitrogens with zero attached hydrogens (tertiary/aromatic N) is 1. The lowest BCUT2D eigenvalue weighted by atomic mass is 9.77. The number of rotatable bonds is 6. The number of phenolic OH excluding ortho intramolecular Hbond substituents is 1. The lowest BCUT2D eigenvalue weighted by Gasteiger charge is -2.48. The molecule has 1 aliphatic carbocycles. The number of hydrogen-bond donors (Lipinski definition) is 2. The Kier molecular flexibility index (Phi) is 5.68. The van der Waals surface area contributed by atoms with Gasteiger partial charge < -0.3 is 15.1 Å². The smallest absolute Gasteiger partial charge is 0.233 e. The SMILES string of the molecule is O=C1[C@H](CC[C@H](O)C2C=CC(F)=CC2)[C@@H](c2ccc(O)cc2)N1c1ccc(F)cc1. The van der Waals surface area contributed by atoms with Crippen molar-refractivity contribution < 1.29 is 23.8 Å². The highest BCUT2D eigenvalue weighted by molar-refractivity contribution is 6.03. The van der Waals surface area contributed by atoms with Gasteiger partial charge in [-0.1, -0.05) is 18.2 Å². The highest BCUT2D eigenvalue weighted by Gasteiger charge is 2.48. The Balaban J connectivity index is 1.51. The van der Waals surface area contributed by atoms with Crippen LogP contribution in [0.3, 0.4) is 0 Å². The molecule has 0 spiro atoms. The third-order valence-corrected chi connectivity index (χ3v) is 5.91. The number of hydrogen-bond acceptors (Lipinski definition) is 3. The quantitative estimate of drug-likeness (QED) is 0.671. The fourth-order valence-corrected chi connectivity index (χ4v) is 4.23. The fourth-order valence-electron chi connectivity index (χ4n) is 4.23. The number of carbonyl (C=O) groups excluding carboxylic acids is 1. The molecule has 1 unspecified atom stereocenters. The molecule has 4 rings (SSSR count). The van der Waals surface area contributed by atoms with E-state index >= 15 is 0 Å². The largest absolute Gasteiger partial charge is 0.508 e. The van der Waals surface area contributed by atoms with Crippen molar-refractivity contribution in [2.24, 2.45) is 11.8 Å². The number of β-lactam (4-membered cyclic amide) rings is 1. The number of aromatic hydroxyl groups is 1. The van der Waals surface area contributed by atoms with Gasteiger partial charge in [-0.15, -0.1) is 0 Å². The molecule has 2 aliphatic rings. The van der Waals surface area contributed by atoms with Gasteiger partial charge in [-0.05, 0) is 73.4 Å². The molecule has 156 valence electrons. The first-order valence-electron chi connectivity index (χ1n) is 10.0. The van der Waals surface area contributed by atoms with Gasteiger partial charge in [-0.2, -0.15) is 0 Å². The van der Waals surface area contributed by atoms with E-state index in [2.05, 4.69) is 0 Å². The van der Waals surface area contributed by atoms with E-state index in [-0.39, 0.29) is 41.2 Å². The molecule has 6 heteroatoms. The second-order valence-corrected chi connectivity index (χ2v) is 7.82. The maximum absolute atomic E-state index is 13.3. The first-order chi connectivity index (χ1) is 14.4. The normalized spacial score (nSPS) is 24.4. The van der Waals surface area contributed by atoms with Gasteiger partial charge in [-0.3, -0.25) is 4.79 Å². The van der Waals surface area contributed by atoms with Crippen molar-refractivity contribution in [1.29, 1.82) is 0 Å². The Morgan fingerprint density at radius 2 is 1.77 bits per heavy atom. The molecule has 4 atom stereocenters. The number of carbonyl (C=O) groups is 1. The van der Waals surface area contributed by atoms with E-state index in [1.807, 2.05) is 0 Å². The first-order valence-corrected chi connectivity index (χ1v) is 10.0. The number of aliphatic hydroxyl groups is 1. The predicted octanol–water partition coefficient (Wildman–Crippen LogP) is 4.81. The molecule has 0 radical (unpaired) electrons. The Hall–Kier alpha value is -2.99. The molecule has 2 aromatic carbocycles. The van der Waals surface area contributed by atoms with E-state index in [0.717, 1.165) is 5.56 Å². The molecule has 0 saturated carbocycles. The minimum Gasteiger partial charge on any atom is -0.508 e. The van der Waals surface area contributed by atoms with Crippen molar-refractivity contribution in [3.05, 3.63) is 84.0 Å². The first kappa shape index (κ1) is 20.3. The number of halogens is 2. The maximum atomic E-state index is 13.3. The highest BCUT2D eigenvalue weighted by atomic mass is 19.1. The summed E-state index contributed by atoms with van der Waals surface area (Å²) in [5.41, 5.74) is 1.46. The highest BCUT2D eigenvalue weighted by Crippen LogP contribution is 2.46. The second-order valence-electron chi connectivity index (χ2n) is 7.82.